The van der Waals surface area contributed by atoms with Crippen LogP contribution in [0.1, 0.15) is 19.3 Å². The summed E-state index contributed by atoms with van der Waals surface area (Å²) >= 11 is 6.21. The second kappa shape index (κ2) is 4.65. The summed E-state index contributed by atoms with van der Waals surface area (Å²) in [5, 5.41) is 4.10. The Balaban J connectivity index is 1.73. The number of hydrogen-bond acceptors (Lipinski definition) is 3. The van der Waals surface area contributed by atoms with Gasteiger partial charge >= 0.3 is 0 Å². The number of ether oxygens (including phenoxy) is 2. The molecule has 1 saturated carbocycles. The maximum absolute atomic E-state index is 6.21. The molecule has 0 bridgehead atoms. The third-order valence-corrected chi connectivity index (χ3v) is 3.75. The van der Waals surface area contributed by atoms with Gasteiger partial charge in [-0.15, -0.1) is 0 Å². The predicted molar refractivity (Wildman–Crippen MR) is 68.3 cm³/mol. The topological polar surface area (TPSA) is 30.5 Å². The highest BCUT2D eigenvalue weighted by atomic mass is 35.5. The maximum atomic E-state index is 6.21. The van der Waals surface area contributed by atoms with E-state index in [1.54, 1.807) is 0 Å². The van der Waals surface area contributed by atoms with Gasteiger partial charge in [-0.3, -0.25) is 0 Å². The van der Waals surface area contributed by atoms with Crippen LogP contribution in [0.4, 0.5) is 5.69 Å². The van der Waals surface area contributed by atoms with Gasteiger partial charge in [0.1, 0.15) is 13.2 Å². The van der Waals surface area contributed by atoms with Crippen LogP contribution in [-0.4, -0.2) is 19.8 Å². The average Bonchev–Trinajstić information content (AvgIpc) is 2.27. The van der Waals surface area contributed by atoms with Crippen LogP contribution in [0.15, 0.2) is 12.1 Å². The molecule has 1 fully saturated rings. The van der Waals surface area contributed by atoms with Gasteiger partial charge in [-0.2, -0.15) is 0 Å². The molecule has 1 aromatic carbocycles. The third-order valence-electron chi connectivity index (χ3n) is 3.44. The smallest absolute Gasteiger partial charge is 0.163 e. The molecule has 1 aliphatic heterocycles. The van der Waals surface area contributed by atoms with Gasteiger partial charge in [0, 0.05) is 18.7 Å². The molecule has 0 spiro atoms. The lowest BCUT2D eigenvalue weighted by atomic mass is 9.85. The number of rotatable bonds is 3. The Morgan fingerprint density at radius 1 is 1.18 bits per heavy atom. The first-order valence-corrected chi connectivity index (χ1v) is 6.54. The Morgan fingerprint density at radius 3 is 2.53 bits per heavy atom. The molecule has 92 valence electrons. The fourth-order valence-electron chi connectivity index (χ4n) is 2.15. The van der Waals surface area contributed by atoms with E-state index in [0.29, 0.717) is 18.2 Å². The van der Waals surface area contributed by atoms with Crippen molar-refractivity contribution in [3.63, 3.8) is 0 Å². The van der Waals surface area contributed by atoms with Gasteiger partial charge in [0.2, 0.25) is 0 Å². The van der Waals surface area contributed by atoms with E-state index < -0.39 is 0 Å². The molecule has 3 nitrogen and oxygen atoms in total. The van der Waals surface area contributed by atoms with Gasteiger partial charge < -0.3 is 14.8 Å². The SMILES string of the molecule is Clc1cc2c(cc1NCC1CCC1)OCCO2. The van der Waals surface area contributed by atoms with Crippen molar-refractivity contribution in [1.29, 1.82) is 0 Å². The molecular weight excluding hydrogens is 238 g/mol. The van der Waals surface area contributed by atoms with E-state index in [1.807, 2.05) is 12.1 Å². The van der Waals surface area contributed by atoms with Crippen LogP contribution in [0.2, 0.25) is 5.02 Å². The van der Waals surface area contributed by atoms with Gasteiger partial charge in [0.15, 0.2) is 11.5 Å². The summed E-state index contributed by atoms with van der Waals surface area (Å²) in [6.45, 7) is 2.20. The van der Waals surface area contributed by atoms with Gasteiger partial charge in [-0.25, -0.2) is 0 Å². The molecule has 4 heteroatoms. The van der Waals surface area contributed by atoms with Crippen molar-refractivity contribution in [2.45, 2.75) is 19.3 Å². The Labute approximate surface area is 106 Å². The van der Waals surface area contributed by atoms with E-state index in [-0.39, 0.29) is 0 Å². The van der Waals surface area contributed by atoms with Crippen LogP contribution in [0, 0.1) is 5.92 Å². The number of fused-ring (bicyclic) bond motifs is 1. The first kappa shape index (κ1) is 11.0. The number of benzene rings is 1. The summed E-state index contributed by atoms with van der Waals surface area (Å²) < 4.78 is 11.0. The number of hydrogen-bond donors (Lipinski definition) is 1. The highest BCUT2D eigenvalue weighted by molar-refractivity contribution is 6.33. The molecule has 1 aliphatic carbocycles. The molecule has 2 aliphatic rings. The van der Waals surface area contributed by atoms with E-state index >= 15 is 0 Å². The quantitative estimate of drug-likeness (QED) is 0.896. The fraction of sp³-hybridized carbons (Fsp3) is 0.538. The van der Waals surface area contributed by atoms with E-state index in [1.165, 1.54) is 19.3 Å². The van der Waals surface area contributed by atoms with Crippen molar-refractivity contribution >= 4 is 17.3 Å². The molecule has 0 atom stereocenters. The number of nitrogens with one attached hydrogen (secondary N) is 1. The first-order valence-electron chi connectivity index (χ1n) is 6.16. The average molecular weight is 254 g/mol. The zero-order chi connectivity index (χ0) is 11.7. The Morgan fingerprint density at radius 2 is 1.88 bits per heavy atom. The van der Waals surface area contributed by atoms with Crippen LogP contribution in [0.5, 0.6) is 11.5 Å². The van der Waals surface area contributed by atoms with Gasteiger partial charge in [-0.1, -0.05) is 18.0 Å². The molecule has 1 heterocycles. The van der Waals surface area contributed by atoms with Crippen molar-refractivity contribution in [3.8, 4) is 11.5 Å². The maximum Gasteiger partial charge on any atom is 0.163 e. The first-order chi connectivity index (χ1) is 8.33. The summed E-state index contributed by atoms with van der Waals surface area (Å²) in [6.07, 6.45) is 4.02. The summed E-state index contributed by atoms with van der Waals surface area (Å²) in [7, 11) is 0. The van der Waals surface area contributed by atoms with Gasteiger partial charge in [0.05, 0.1) is 10.7 Å². The van der Waals surface area contributed by atoms with Crippen LogP contribution in [0.25, 0.3) is 0 Å². The zero-order valence-electron chi connectivity index (χ0n) is 9.67. The second-order valence-electron chi connectivity index (χ2n) is 4.65. The molecule has 1 N–H and O–H groups in total. The predicted octanol–water partition coefficient (Wildman–Crippen LogP) is 3.32. The molecule has 3 rings (SSSR count). The molecule has 0 aromatic heterocycles. The minimum Gasteiger partial charge on any atom is -0.486 e. The monoisotopic (exact) mass is 253 g/mol. The zero-order valence-corrected chi connectivity index (χ0v) is 10.4. The van der Waals surface area contributed by atoms with E-state index in [0.717, 1.165) is 29.6 Å². The third kappa shape index (κ3) is 2.29. The number of anilines is 1. The molecule has 17 heavy (non-hydrogen) atoms. The van der Waals surface area contributed by atoms with Gasteiger partial charge in [-0.05, 0) is 18.8 Å². The van der Waals surface area contributed by atoms with Crippen molar-refractivity contribution < 1.29 is 9.47 Å². The van der Waals surface area contributed by atoms with Crippen LogP contribution in [0.3, 0.4) is 0 Å². The second-order valence-corrected chi connectivity index (χ2v) is 5.06. The van der Waals surface area contributed by atoms with Crippen LogP contribution < -0.4 is 14.8 Å². The normalized spacial score (nSPS) is 18.6. The standard InChI is InChI=1S/C13H16ClNO2/c14-10-6-12-13(17-5-4-16-12)7-11(10)15-8-9-2-1-3-9/h6-7,9,15H,1-5,8H2. The lowest BCUT2D eigenvalue weighted by Gasteiger charge is -2.26. The van der Waals surface area contributed by atoms with E-state index in [4.69, 9.17) is 21.1 Å². The Hall–Kier alpha value is -1.09. The molecule has 0 amide bonds. The summed E-state index contributed by atoms with van der Waals surface area (Å²) in [4.78, 5) is 0. The Bertz CT molecular complexity index is 418. The number of halogens is 1. The largest absolute Gasteiger partial charge is 0.486 e. The van der Waals surface area contributed by atoms with Crippen molar-refractivity contribution in [2.24, 2.45) is 5.92 Å². The lowest BCUT2D eigenvalue weighted by molar-refractivity contribution is 0.171. The minimum absolute atomic E-state index is 0.595. The van der Waals surface area contributed by atoms with Crippen molar-refractivity contribution in [3.05, 3.63) is 17.2 Å². The van der Waals surface area contributed by atoms with Crippen LogP contribution >= 0.6 is 11.6 Å². The summed E-state index contributed by atoms with van der Waals surface area (Å²) in [5.41, 5.74) is 0.947. The van der Waals surface area contributed by atoms with E-state index in [9.17, 15) is 0 Å². The molecule has 0 unspecified atom stereocenters. The molecule has 0 saturated heterocycles. The fourth-order valence-corrected chi connectivity index (χ4v) is 2.37. The Kier molecular flexibility index (Phi) is 3.02. The molecule has 1 aromatic rings. The lowest BCUT2D eigenvalue weighted by Crippen LogP contribution is -2.21. The summed E-state index contributed by atoms with van der Waals surface area (Å²) in [5.74, 6) is 2.34. The van der Waals surface area contributed by atoms with E-state index in [2.05, 4.69) is 5.32 Å². The van der Waals surface area contributed by atoms with Crippen molar-refractivity contribution in [1.82, 2.24) is 0 Å². The van der Waals surface area contributed by atoms with Crippen molar-refractivity contribution in [2.75, 3.05) is 25.1 Å². The van der Waals surface area contributed by atoms with Crippen LogP contribution in [-0.2, 0) is 0 Å². The summed E-state index contributed by atoms with van der Waals surface area (Å²) in [6, 6.07) is 3.77. The molecule has 0 radical (unpaired) electrons. The van der Waals surface area contributed by atoms with Gasteiger partial charge in [0.25, 0.3) is 0 Å². The molecular formula is C13H16ClNO2. The highest BCUT2D eigenvalue weighted by Crippen LogP contribution is 2.38. The highest BCUT2D eigenvalue weighted by Gasteiger charge is 2.19. The minimum atomic E-state index is 0.595.